The number of benzene rings is 2. The number of aromatic nitrogens is 2. The van der Waals surface area contributed by atoms with E-state index in [1.165, 1.54) is 24.3 Å². The Morgan fingerprint density at radius 1 is 1.03 bits per heavy atom. The van der Waals surface area contributed by atoms with Crippen LogP contribution in [0.3, 0.4) is 0 Å². The Balaban J connectivity index is 1.42. The second-order valence-electron chi connectivity index (χ2n) is 6.28. The molecular weight excluding hydrogens is 393 g/mol. The highest BCUT2D eigenvalue weighted by Gasteiger charge is 2.08. The first-order valence-electron chi connectivity index (χ1n) is 8.80. The van der Waals surface area contributed by atoms with E-state index < -0.39 is 0 Å². The van der Waals surface area contributed by atoms with Gasteiger partial charge >= 0.3 is 0 Å². The van der Waals surface area contributed by atoms with Gasteiger partial charge in [-0.2, -0.15) is 0 Å². The first-order chi connectivity index (χ1) is 14.1. The molecule has 0 spiro atoms. The van der Waals surface area contributed by atoms with E-state index in [0.29, 0.717) is 28.9 Å². The van der Waals surface area contributed by atoms with Crippen LogP contribution in [0, 0.1) is 5.82 Å². The highest BCUT2D eigenvalue weighted by molar-refractivity contribution is 6.29. The highest BCUT2D eigenvalue weighted by Crippen LogP contribution is 2.20. The minimum Gasteiger partial charge on any atom is -0.439 e. The number of amides is 1. The van der Waals surface area contributed by atoms with Crippen LogP contribution in [0.2, 0.25) is 5.15 Å². The zero-order valence-electron chi connectivity index (χ0n) is 15.1. The number of nitrogens with zero attached hydrogens (tertiary/aromatic N) is 2. The van der Waals surface area contributed by atoms with Crippen LogP contribution in [0.15, 0.2) is 72.9 Å². The molecule has 4 aromatic rings. The van der Waals surface area contributed by atoms with Gasteiger partial charge in [-0.3, -0.25) is 4.79 Å². The molecule has 2 heterocycles. The second kappa shape index (κ2) is 8.24. The Bertz CT molecular complexity index is 1180. The van der Waals surface area contributed by atoms with Crippen molar-refractivity contribution in [2.45, 2.75) is 6.54 Å². The summed E-state index contributed by atoms with van der Waals surface area (Å²) in [7, 11) is 0. The summed E-state index contributed by atoms with van der Waals surface area (Å²) < 4.78 is 18.6. The molecule has 144 valence electrons. The number of carbonyl (C=O) groups excluding carboxylic acids is 1. The summed E-state index contributed by atoms with van der Waals surface area (Å²) in [4.78, 5) is 20.8. The molecule has 0 unspecified atom stereocenters. The smallest absolute Gasteiger partial charge is 0.251 e. The van der Waals surface area contributed by atoms with Gasteiger partial charge in [0.15, 0.2) is 0 Å². The lowest BCUT2D eigenvalue weighted by Crippen LogP contribution is -2.22. The number of hydrogen-bond donors (Lipinski definition) is 1. The second-order valence-corrected chi connectivity index (χ2v) is 6.67. The zero-order valence-corrected chi connectivity index (χ0v) is 15.9. The average molecular weight is 408 g/mol. The molecule has 0 aliphatic carbocycles. The Morgan fingerprint density at radius 3 is 2.69 bits per heavy atom. The maximum absolute atomic E-state index is 13.0. The third kappa shape index (κ3) is 4.67. The van der Waals surface area contributed by atoms with Gasteiger partial charge in [0.1, 0.15) is 16.7 Å². The molecule has 2 aromatic carbocycles. The van der Waals surface area contributed by atoms with Crippen LogP contribution in [-0.2, 0) is 6.54 Å². The van der Waals surface area contributed by atoms with Crippen LogP contribution in [0.1, 0.15) is 15.9 Å². The summed E-state index contributed by atoms with van der Waals surface area (Å²) in [6.45, 7) is 0.304. The Kier molecular flexibility index (Phi) is 5.35. The lowest BCUT2D eigenvalue weighted by Gasteiger charge is -2.09. The number of fused-ring (bicyclic) bond motifs is 1. The number of carbonyl (C=O) groups is 1. The van der Waals surface area contributed by atoms with Gasteiger partial charge in [-0.15, -0.1) is 0 Å². The topological polar surface area (TPSA) is 64.1 Å². The summed E-state index contributed by atoms with van der Waals surface area (Å²) in [6.07, 6.45) is 1.59. The summed E-state index contributed by atoms with van der Waals surface area (Å²) >= 11 is 5.89. The minimum absolute atomic E-state index is 0.209. The first-order valence-corrected chi connectivity index (χ1v) is 9.17. The Labute approximate surface area is 171 Å². The molecular formula is C22H15ClFN3O2. The fourth-order valence-corrected chi connectivity index (χ4v) is 2.92. The summed E-state index contributed by atoms with van der Waals surface area (Å²) in [5.74, 6) is 0.288. The van der Waals surface area contributed by atoms with Crippen molar-refractivity contribution in [1.29, 1.82) is 0 Å². The lowest BCUT2D eigenvalue weighted by atomic mass is 10.1. The summed E-state index contributed by atoms with van der Waals surface area (Å²) in [5.41, 5.74) is 2.07. The van der Waals surface area contributed by atoms with Crippen molar-refractivity contribution in [3.63, 3.8) is 0 Å². The monoisotopic (exact) mass is 407 g/mol. The maximum atomic E-state index is 13.0. The van der Waals surface area contributed by atoms with Crippen LogP contribution in [0.4, 0.5) is 4.39 Å². The van der Waals surface area contributed by atoms with Crippen molar-refractivity contribution < 1.29 is 13.9 Å². The predicted molar refractivity (Wildman–Crippen MR) is 109 cm³/mol. The molecule has 4 rings (SSSR count). The average Bonchev–Trinajstić information content (AvgIpc) is 2.73. The van der Waals surface area contributed by atoms with Gasteiger partial charge < -0.3 is 10.1 Å². The Morgan fingerprint density at radius 2 is 1.86 bits per heavy atom. The molecule has 0 saturated heterocycles. The van der Waals surface area contributed by atoms with Crippen molar-refractivity contribution in [3.05, 3.63) is 95.0 Å². The van der Waals surface area contributed by atoms with E-state index in [1.54, 1.807) is 42.6 Å². The number of ether oxygens (including phenoxy) is 1. The van der Waals surface area contributed by atoms with Gasteiger partial charge in [-0.25, -0.2) is 14.4 Å². The number of rotatable bonds is 5. The maximum Gasteiger partial charge on any atom is 0.251 e. The van der Waals surface area contributed by atoms with E-state index in [-0.39, 0.29) is 11.7 Å². The molecule has 0 saturated carbocycles. The van der Waals surface area contributed by atoms with Gasteiger partial charge in [0, 0.05) is 29.8 Å². The summed E-state index contributed by atoms with van der Waals surface area (Å²) in [6, 6.07) is 17.9. The van der Waals surface area contributed by atoms with Crippen LogP contribution in [-0.4, -0.2) is 15.9 Å². The first kappa shape index (κ1) is 18.8. The molecule has 0 radical (unpaired) electrons. The summed E-state index contributed by atoms with van der Waals surface area (Å²) in [5, 5.41) is 4.11. The molecule has 0 aliphatic rings. The fraction of sp³-hybridized carbons (Fsp3) is 0.0455. The van der Waals surface area contributed by atoms with Gasteiger partial charge in [0.05, 0.1) is 5.52 Å². The normalized spacial score (nSPS) is 10.7. The van der Waals surface area contributed by atoms with Crippen molar-refractivity contribution >= 4 is 28.4 Å². The Hall–Kier alpha value is -3.51. The van der Waals surface area contributed by atoms with Gasteiger partial charge in [-0.05, 0) is 66.2 Å². The molecule has 0 fully saturated rings. The highest BCUT2D eigenvalue weighted by atomic mass is 35.5. The number of hydrogen-bond acceptors (Lipinski definition) is 4. The molecule has 0 atom stereocenters. The quantitative estimate of drug-likeness (QED) is 0.465. The predicted octanol–water partition coefficient (Wildman–Crippen LogP) is 5.14. The van der Waals surface area contributed by atoms with Gasteiger partial charge in [0.25, 0.3) is 5.91 Å². The van der Waals surface area contributed by atoms with Crippen molar-refractivity contribution in [2.75, 3.05) is 0 Å². The molecule has 29 heavy (non-hydrogen) atoms. The van der Waals surface area contributed by atoms with Gasteiger partial charge in [-0.1, -0.05) is 11.6 Å². The van der Waals surface area contributed by atoms with Crippen LogP contribution >= 0.6 is 11.6 Å². The van der Waals surface area contributed by atoms with E-state index >= 15 is 0 Å². The number of halogens is 2. The zero-order chi connectivity index (χ0) is 20.2. The van der Waals surface area contributed by atoms with Crippen molar-refractivity contribution in [2.24, 2.45) is 0 Å². The number of nitrogens with one attached hydrogen (secondary N) is 1. The van der Waals surface area contributed by atoms with E-state index in [9.17, 15) is 9.18 Å². The number of pyridine rings is 2. The minimum atomic E-state index is -0.339. The molecule has 1 amide bonds. The largest absolute Gasteiger partial charge is 0.439 e. The third-order valence-corrected chi connectivity index (χ3v) is 4.42. The fourth-order valence-electron chi connectivity index (χ4n) is 2.77. The van der Waals surface area contributed by atoms with Gasteiger partial charge in [0.2, 0.25) is 5.88 Å². The van der Waals surface area contributed by atoms with Crippen LogP contribution in [0.5, 0.6) is 11.6 Å². The van der Waals surface area contributed by atoms with E-state index in [2.05, 4.69) is 15.3 Å². The molecule has 2 aromatic heterocycles. The van der Waals surface area contributed by atoms with E-state index in [4.69, 9.17) is 16.3 Å². The van der Waals surface area contributed by atoms with Crippen molar-refractivity contribution in [1.82, 2.24) is 15.3 Å². The van der Waals surface area contributed by atoms with E-state index in [1.807, 2.05) is 6.07 Å². The van der Waals surface area contributed by atoms with Crippen molar-refractivity contribution in [3.8, 4) is 11.6 Å². The standard InChI is InChI=1S/C22H15ClFN3O2/c23-20-8-2-15-12-16(1-7-19(15)27-20)22(28)26-13-14-9-10-25-21(11-14)29-18-5-3-17(24)4-6-18/h1-12H,13H2,(H,26,28). The molecule has 7 heteroatoms. The van der Waals surface area contributed by atoms with Crippen LogP contribution < -0.4 is 10.1 Å². The molecule has 5 nitrogen and oxygen atoms in total. The molecule has 0 aliphatic heterocycles. The molecule has 1 N–H and O–H groups in total. The lowest BCUT2D eigenvalue weighted by molar-refractivity contribution is 0.0951. The van der Waals surface area contributed by atoms with E-state index in [0.717, 1.165) is 16.5 Å². The van der Waals surface area contributed by atoms with Crippen LogP contribution in [0.25, 0.3) is 10.9 Å². The third-order valence-electron chi connectivity index (χ3n) is 4.21. The SMILES string of the molecule is O=C(NCc1ccnc(Oc2ccc(F)cc2)c1)c1ccc2nc(Cl)ccc2c1. The molecule has 0 bridgehead atoms.